The molecule has 0 spiro atoms. The van der Waals surface area contributed by atoms with Crippen molar-refractivity contribution in [2.24, 2.45) is 0 Å². The number of ether oxygens (including phenoxy) is 1. The number of hydrogen-bond acceptors (Lipinski definition) is 4. The van der Waals surface area contributed by atoms with E-state index in [1.165, 1.54) is 7.11 Å². The van der Waals surface area contributed by atoms with Crippen LogP contribution < -0.4 is 5.32 Å². The molecule has 0 radical (unpaired) electrons. The van der Waals surface area contributed by atoms with Crippen LogP contribution in [0.5, 0.6) is 0 Å². The number of rotatable bonds is 2. The van der Waals surface area contributed by atoms with Gasteiger partial charge in [-0.1, -0.05) is 15.9 Å². The van der Waals surface area contributed by atoms with Crippen molar-refractivity contribution in [3.63, 3.8) is 0 Å². The van der Waals surface area contributed by atoms with Crippen molar-refractivity contribution in [3.8, 4) is 0 Å². The predicted molar refractivity (Wildman–Crippen MR) is 81.2 cm³/mol. The van der Waals surface area contributed by atoms with Gasteiger partial charge >= 0.3 is 6.09 Å². The van der Waals surface area contributed by atoms with Crippen LogP contribution in [-0.4, -0.2) is 43.1 Å². The fourth-order valence-electron chi connectivity index (χ4n) is 2.14. The molecule has 1 atom stereocenters. The van der Waals surface area contributed by atoms with Gasteiger partial charge in [0, 0.05) is 22.5 Å². The Morgan fingerprint density at radius 2 is 2.25 bits per heavy atom. The number of amides is 2. The summed E-state index contributed by atoms with van der Waals surface area (Å²) in [6.07, 6.45) is 0.252. The number of nitrogens with zero attached hydrogens (tertiary/aromatic N) is 1. The molecule has 1 heterocycles. The van der Waals surface area contributed by atoms with Crippen molar-refractivity contribution in [2.75, 3.05) is 20.2 Å². The fourth-order valence-corrected chi connectivity index (χ4v) is 2.99. The van der Waals surface area contributed by atoms with Crippen molar-refractivity contribution in [1.82, 2.24) is 10.2 Å². The number of carbonyl (C=O) groups excluding carboxylic acids is 2. The highest BCUT2D eigenvalue weighted by Gasteiger charge is 2.28. The van der Waals surface area contributed by atoms with Gasteiger partial charge in [-0.3, -0.25) is 4.79 Å². The Morgan fingerprint density at radius 1 is 1.50 bits per heavy atom. The lowest BCUT2D eigenvalue weighted by Gasteiger charge is -2.18. The molecule has 1 unspecified atom stereocenters. The maximum Gasteiger partial charge on any atom is 0.407 e. The largest absolute Gasteiger partial charge is 0.453 e. The monoisotopic (exact) mass is 358 g/mol. The number of likely N-dealkylation sites (tertiary alicyclic amines) is 1. The van der Waals surface area contributed by atoms with Crippen molar-refractivity contribution in [1.29, 1.82) is 0 Å². The van der Waals surface area contributed by atoms with E-state index in [-0.39, 0.29) is 11.9 Å². The van der Waals surface area contributed by atoms with Gasteiger partial charge in [0.25, 0.3) is 5.91 Å². The molecule has 108 valence electrons. The van der Waals surface area contributed by atoms with E-state index in [2.05, 4.69) is 38.6 Å². The second kappa shape index (κ2) is 6.49. The van der Waals surface area contributed by atoms with Crippen LogP contribution in [0.4, 0.5) is 4.79 Å². The number of methoxy groups -OCH3 is 1. The first-order chi connectivity index (χ1) is 9.51. The molecule has 1 aromatic carbocycles. The van der Waals surface area contributed by atoms with Crippen LogP contribution in [0.25, 0.3) is 0 Å². The highest BCUT2D eigenvalue weighted by molar-refractivity contribution is 9.10. The number of alkyl carbamates (subject to hydrolysis) is 1. The number of halogens is 1. The van der Waals surface area contributed by atoms with Gasteiger partial charge < -0.3 is 15.0 Å². The molecule has 1 aromatic rings. The molecule has 20 heavy (non-hydrogen) atoms. The standard InChI is InChI=1S/C13H15BrN2O3S/c1-19-13(18)15-9-4-5-16(7-9)12(17)10-3-2-8(14)6-11(10)20/h2-3,6,9,20H,4-5,7H2,1H3,(H,15,18). The Morgan fingerprint density at radius 3 is 2.90 bits per heavy atom. The second-order valence-electron chi connectivity index (χ2n) is 4.53. The smallest absolute Gasteiger partial charge is 0.407 e. The third kappa shape index (κ3) is 3.46. The average molecular weight is 359 g/mol. The Kier molecular flexibility index (Phi) is 4.93. The Balaban J connectivity index is 2.02. The van der Waals surface area contributed by atoms with Crippen LogP contribution in [0.15, 0.2) is 27.6 Å². The third-order valence-corrected chi connectivity index (χ3v) is 4.04. The molecule has 0 aromatic heterocycles. The van der Waals surface area contributed by atoms with Gasteiger partial charge in [-0.25, -0.2) is 4.79 Å². The number of thiol groups is 1. The van der Waals surface area contributed by atoms with E-state index >= 15 is 0 Å². The van der Waals surface area contributed by atoms with Crippen molar-refractivity contribution in [3.05, 3.63) is 28.2 Å². The van der Waals surface area contributed by atoms with Gasteiger partial charge in [0.2, 0.25) is 0 Å². The van der Waals surface area contributed by atoms with E-state index in [0.29, 0.717) is 23.5 Å². The maximum atomic E-state index is 12.4. The van der Waals surface area contributed by atoms with E-state index in [9.17, 15) is 9.59 Å². The van der Waals surface area contributed by atoms with Crippen LogP contribution in [0.2, 0.25) is 0 Å². The Hall–Kier alpha value is -1.21. The summed E-state index contributed by atoms with van der Waals surface area (Å²) in [5.41, 5.74) is 0.565. The number of hydrogen-bond donors (Lipinski definition) is 2. The number of carbonyl (C=O) groups is 2. The number of benzene rings is 1. The summed E-state index contributed by atoms with van der Waals surface area (Å²) in [6.45, 7) is 1.09. The molecule has 0 bridgehead atoms. The van der Waals surface area contributed by atoms with Gasteiger partial charge in [-0.05, 0) is 24.6 Å². The van der Waals surface area contributed by atoms with Gasteiger partial charge in [-0.15, -0.1) is 12.6 Å². The van der Waals surface area contributed by atoms with Crippen LogP contribution in [-0.2, 0) is 4.74 Å². The zero-order chi connectivity index (χ0) is 14.7. The summed E-state index contributed by atoms with van der Waals surface area (Å²) in [6, 6.07) is 5.28. The molecule has 0 saturated carbocycles. The topological polar surface area (TPSA) is 58.6 Å². The fraction of sp³-hybridized carbons (Fsp3) is 0.385. The zero-order valence-corrected chi connectivity index (χ0v) is 13.4. The molecular weight excluding hydrogens is 344 g/mol. The molecule has 1 saturated heterocycles. The normalized spacial score (nSPS) is 17.9. The van der Waals surface area contributed by atoms with Crippen LogP contribution in [0.3, 0.4) is 0 Å². The van der Waals surface area contributed by atoms with Crippen LogP contribution >= 0.6 is 28.6 Å². The first kappa shape index (κ1) is 15.2. The molecule has 1 aliphatic rings. The lowest BCUT2D eigenvalue weighted by Crippen LogP contribution is -2.38. The van der Waals surface area contributed by atoms with Crippen molar-refractivity contribution in [2.45, 2.75) is 17.4 Å². The van der Waals surface area contributed by atoms with Gasteiger partial charge in [0.1, 0.15) is 0 Å². The first-order valence-electron chi connectivity index (χ1n) is 6.13. The molecule has 2 rings (SSSR count). The molecule has 0 aliphatic carbocycles. The Bertz CT molecular complexity index is 538. The predicted octanol–water partition coefficient (Wildman–Crippen LogP) is 2.31. The highest BCUT2D eigenvalue weighted by atomic mass is 79.9. The minimum absolute atomic E-state index is 0.0646. The van der Waals surface area contributed by atoms with Crippen molar-refractivity contribution >= 4 is 40.6 Å². The van der Waals surface area contributed by atoms with Gasteiger partial charge in [-0.2, -0.15) is 0 Å². The first-order valence-corrected chi connectivity index (χ1v) is 7.37. The molecule has 5 nitrogen and oxygen atoms in total. The quantitative estimate of drug-likeness (QED) is 0.797. The summed E-state index contributed by atoms with van der Waals surface area (Å²) in [5, 5.41) is 2.71. The van der Waals surface area contributed by atoms with Crippen molar-refractivity contribution < 1.29 is 14.3 Å². The zero-order valence-electron chi connectivity index (χ0n) is 10.9. The molecule has 7 heteroatoms. The van der Waals surface area contributed by atoms with E-state index in [0.717, 1.165) is 10.9 Å². The minimum atomic E-state index is -0.470. The second-order valence-corrected chi connectivity index (χ2v) is 5.93. The van der Waals surface area contributed by atoms with Crippen LogP contribution in [0, 0.1) is 0 Å². The molecule has 1 N–H and O–H groups in total. The average Bonchev–Trinajstić information content (AvgIpc) is 2.86. The summed E-state index contributed by atoms with van der Waals surface area (Å²) in [5.74, 6) is -0.0725. The molecular formula is C13H15BrN2O3S. The van der Waals surface area contributed by atoms with E-state index < -0.39 is 6.09 Å². The maximum absolute atomic E-state index is 12.4. The lowest BCUT2D eigenvalue weighted by molar-refractivity contribution is 0.0784. The van der Waals surface area contributed by atoms with Gasteiger partial charge in [0.05, 0.1) is 18.7 Å². The van der Waals surface area contributed by atoms with E-state index in [1.54, 1.807) is 17.0 Å². The summed E-state index contributed by atoms with van der Waals surface area (Å²) in [7, 11) is 1.32. The minimum Gasteiger partial charge on any atom is -0.453 e. The summed E-state index contributed by atoms with van der Waals surface area (Å²) in [4.78, 5) is 25.9. The SMILES string of the molecule is COC(=O)NC1CCN(C(=O)c2ccc(Br)cc2S)C1. The lowest BCUT2D eigenvalue weighted by atomic mass is 10.2. The summed E-state index contributed by atoms with van der Waals surface area (Å²) < 4.78 is 5.43. The third-order valence-electron chi connectivity index (χ3n) is 3.17. The van der Waals surface area contributed by atoms with Gasteiger partial charge in [0.15, 0.2) is 0 Å². The van der Waals surface area contributed by atoms with E-state index in [1.807, 2.05) is 6.07 Å². The summed E-state index contributed by atoms with van der Waals surface area (Å²) >= 11 is 7.66. The molecule has 1 aliphatic heterocycles. The molecule has 2 amide bonds. The highest BCUT2D eigenvalue weighted by Crippen LogP contribution is 2.22. The Labute approximate surface area is 131 Å². The van der Waals surface area contributed by atoms with E-state index in [4.69, 9.17) is 0 Å². The van der Waals surface area contributed by atoms with Crippen LogP contribution in [0.1, 0.15) is 16.8 Å². The number of nitrogens with one attached hydrogen (secondary N) is 1. The molecule has 1 fully saturated rings.